The van der Waals surface area contributed by atoms with Crippen LogP contribution in [0.1, 0.15) is 18.4 Å². The predicted molar refractivity (Wildman–Crippen MR) is 90.4 cm³/mol. The average molecular weight is 355 g/mol. The van der Waals surface area contributed by atoms with Gasteiger partial charge in [-0.1, -0.05) is 36.4 Å². The quantitative estimate of drug-likeness (QED) is 0.655. The molecule has 7 nitrogen and oxygen atoms in total. The van der Waals surface area contributed by atoms with E-state index in [9.17, 15) is 14.4 Å². The number of esters is 2. The van der Waals surface area contributed by atoms with Gasteiger partial charge in [0.1, 0.15) is 24.1 Å². The van der Waals surface area contributed by atoms with E-state index in [2.05, 4.69) is 10.1 Å². The number of benzene rings is 2. The van der Waals surface area contributed by atoms with E-state index in [1.54, 1.807) is 18.2 Å². The van der Waals surface area contributed by atoms with E-state index in [-0.39, 0.29) is 19.4 Å². The molecule has 2 aromatic carbocycles. The van der Waals surface area contributed by atoms with Gasteiger partial charge in [-0.2, -0.15) is 0 Å². The zero-order valence-corrected chi connectivity index (χ0v) is 13.8. The Labute approximate surface area is 149 Å². The lowest BCUT2D eigenvalue weighted by Gasteiger charge is -2.20. The molecule has 26 heavy (non-hydrogen) atoms. The second kappa shape index (κ2) is 8.15. The molecule has 0 unspecified atom stereocenters. The number of hydrogen-bond acceptors (Lipinski definition) is 6. The van der Waals surface area contributed by atoms with Crippen LogP contribution in [0.2, 0.25) is 0 Å². The van der Waals surface area contributed by atoms with E-state index in [4.69, 9.17) is 9.47 Å². The van der Waals surface area contributed by atoms with E-state index in [1.807, 2.05) is 36.4 Å². The van der Waals surface area contributed by atoms with E-state index < -0.39 is 24.1 Å². The lowest BCUT2D eigenvalue weighted by atomic mass is 10.1. The van der Waals surface area contributed by atoms with Crippen molar-refractivity contribution in [1.82, 2.24) is 5.32 Å². The van der Waals surface area contributed by atoms with Gasteiger partial charge in [0.05, 0.1) is 0 Å². The van der Waals surface area contributed by atoms with Gasteiger partial charge in [0.25, 0.3) is 0 Å². The van der Waals surface area contributed by atoms with Crippen LogP contribution in [0.5, 0.6) is 11.5 Å². The highest BCUT2D eigenvalue weighted by molar-refractivity contribution is 5.92. The lowest BCUT2D eigenvalue weighted by Crippen LogP contribution is -2.45. The fraction of sp³-hybridized carbons (Fsp3) is 0.211. The lowest BCUT2D eigenvalue weighted by molar-refractivity contribution is -0.165. The highest BCUT2D eigenvalue weighted by Gasteiger charge is 2.30. The van der Waals surface area contributed by atoms with Crippen molar-refractivity contribution in [3.63, 3.8) is 0 Å². The van der Waals surface area contributed by atoms with Crippen molar-refractivity contribution in [3.05, 3.63) is 60.2 Å². The Bertz CT molecular complexity index is 805. The van der Waals surface area contributed by atoms with Crippen LogP contribution in [0.3, 0.4) is 0 Å². The molecule has 1 amide bonds. The number of nitrogens with one attached hydrogen (secondary N) is 1. The molecule has 7 heteroatoms. The van der Waals surface area contributed by atoms with Crippen molar-refractivity contribution < 1.29 is 28.6 Å². The van der Waals surface area contributed by atoms with E-state index >= 15 is 0 Å². The minimum absolute atomic E-state index is 0.0322. The maximum Gasteiger partial charge on any atom is 0.408 e. The number of cyclic esters (lactones) is 2. The number of rotatable bonds is 5. The molecule has 1 aliphatic heterocycles. The monoisotopic (exact) mass is 355 g/mol. The van der Waals surface area contributed by atoms with Crippen molar-refractivity contribution >= 4 is 18.0 Å². The molecular weight excluding hydrogens is 338 g/mol. The Balaban J connectivity index is 1.57. The van der Waals surface area contributed by atoms with Crippen LogP contribution >= 0.6 is 0 Å². The Morgan fingerprint density at radius 1 is 1.08 bits per heavy atom. The first kappa shape index (κ1) is 17.5. The minimum Gasteiger partial charge on any atom is -0.457 e. The third-order valence-electron chi connectivity index (χ3n) is 3.73. The molecule has 0 spiro atoms. The summed E-state index contributed by atoms with van der Waals surface area (Å²) in [5.41, 5.74) is 0.674. The van der Waals surface area contributed by atoms with Crippen LogP contribution in [-0.4, -0.2) is 24.1 Å². The van der Waals surface area contributed by atoms with Gasteiger partial charge in [-0.3, -0.25) is 4.79 Å². The molecule has 0 radical (unpaired) electrons. The van der Waals surface area contributed by atoms with E-state index in [0.717, 1.165) is 0 Å². The first-order valence-electron chi connectivity index (χ1n) is 8.10. The van der Waals surface area contributed by atoms with Crippen molar-refractivity contribution in [2.75, 3.05) is 0 Å². The molecule has 0 aliphatic carbocycles. The van der Waals surface area contributed by atoms with Crippen molar-refractivity contribution in [3.8, 4) is 11.5 Å². The highest BCUT2D eigenvalue weighted by Crippen LogP contribution is 2.25. The summed E-state index contributed by atoms with van der Waals surface area (Å²) in [6, 6.07) is 15.5. The summed E-state index contributed by atoms with van der Waals surface area (Å²) in [6.07, 6.45) is -0.499. The summed E-state index contributed by atoms with van der Waals surface area (Å²) in [7, 11) is 0. The minimum atomic E-state index is -0.879. The molecule has 3 rings (SSSR count). The predicted octanol–water partition coefficient (Wildman–Crippen LogP) is 2.94. The fourth-order valence-corrected chi connectivity index (χ4v) is 2.41. The largest absolute Gasteiger partial charge is 0.457 e. The smallest absolute Gasteiger partial charge is 0.408 e. The van der Waals surface area contributed by atoms with Gasteiger partial charge in [-0.15, -0.1) is 0 Å². The Morgan fingerprint density at radius 3 is 2.58 bits per heavy atom. The fourth-order valence-electron chi connectivity index (χ4n) is 2.41. The van der Waals surface area contributed by atoms with E-state index in [1.165, 1.54) is 0 Å². The molecule has 134 valence electrons. The highest BCUT2D eigenvalue weighted by atomic mass is 16.6. The summed E-state index contributed by atoms with van der Waals surface area (Å²) >= 11 is 0. The molecule has 0 aromatic heterocycles. The molecule has 2 aromatic rings. The molecule has 1 N–H and O–H groups in total. The number of ether oxygens (including phenoxy) is 3. The number of hydrogen-bond donors (Lipinski definition) is 1. The zero-order chi connectivity index (χ0) is 18.4. The summed E-state index contributed by atoms with van der Waals surface area (Å²) < 4.78 is 15.4. The van der Waals surface area contributed by atoms with Gasteiger partial charge in [0.2, 0.25) is 0 Å². The summed E-state index contributed by atoms with van der Waals surface area (Å²) in [5.74, 6) is -0.132. The summed E-state index contributed by atoms with van der Waals surface area (Å²) in [6.45, 7) is -0.0322. The maximum absolute atomic E-state index is 11.9. The standard InChI is InChI=1S/C19H17NO6/c21-17-11-10-15(18(22)26-17)20-19(23)24-12-13-6-4-5-9-16(13)25-14-7-2-1-3-8-14/h1-9,15H,10-12H2,(H,20,23)/t15-/m0/s1. The van der Waals surface area contributed by atoms with Gasteiger partial charge in [-0.05, 0) is 24.6 Å². The second-order valence-corrected chi connectivity index (χ2v) is 5.63. The maximum atomic E-state index is 11.9. The summed E-state index contributed by atoms with van der Waals surface area (Å²) in [4.78, 5) is 34.5. The van der Waals surface area contributed by atoms with Crippen LogP contribution < -0.4 is 10.1 Å². The first-order chi connectivity index (χ1) is 12.6. The number of alkyl carbamates (subject to hydrolysis) is 1. The third kappa shape index (κ3) is 4.60. The van der Waals surface area contributed by atoms with Gasteiger partial charge in [-0.25, -0.2) is 9.59 Å². The van der Waals surface area contributed by atoms with Gasteiger partial charge < -0.3 is 19.5 Å². The third-order valence-corrected chi connectivity index (χ3v) is 3.73. The van der Waals surface area contributed by atoms with Gasteiger partial charge >= 0.3 is 18.0 Å². The average Bonchev–Trinajstić information content (AvgIpc) is 2.64. The van der Waals surface area contributed by atoms with Gasteiger partial charge in [0, 0.05) is 12.0 Å². The molecule has 0 bridgehead atoms. The normalized spacial score (nSPS) is 16.5. The molecule has 1 fully saturated rings. The van der Waals surface area contributed by atoms with Crippen LogP contribution in [0, 0.1) is 0 Å². The second-order valence-electron chi connectivity index (χ2n) is 5.63. The number of para-hydroxylation sites is 2. The Kier molecular flexibility index (Phi) is 5.48. The SMILES string of the molecule is O=C1CC[C@H](NC(=O)OCc2ccccc2Oc2ccccc2)C(=O)O1. The van der Waals surface area contributed by atoms with Crippen molar-refractivity contribution in [1.29, 1.82) is 0 Å². The van der Waals surface area contributed by atoms with Crippen molar-refractivity contribution in [2.45, 2.75) is 25.5 Å². The van der Waals surface area contributed by atoms with Crippen LogP contribution in [0.15, 0.2) is 54.6 Å². The van der Waals surface area contributed by atoms with Gasteiger partial charge in [0.15, 0.2) is 0 Å². The Morgan fingerprint density at radius 2 is 1.81 bits per heavy atom. The van der Waals surface area contributed by atoms with Crippen LogP contribution in [0.4, 0.5) is 4.79 Å². The molecule has 0 saturated carbocycles. The molecule has 1 aliphatic rings. The first-order valence-corrected chi connectivity index (χ1v) is 8.10. The number of amides is 1. The molecule has 1 saturated heterocycles. The van der Waals surface area contributed by atoms with Crippen LogP contribution in [-0.2, 0) is 25.7 Å². The zero-order valence-electron chi connectivity index (χ0n) is 13.8. The number of carbonyl (C=O) groups is 3. The van der Waals surface area contributed by atoms with E-state index in [0.29, 0.717) is 17.1 Å². The molecule has 1 atom stereocenters. The molecular formula is C19H17NO6. The molecule has 1 heterocycles. The Hall–Kier alpha value is -3.35. The summed E-state index contributed by atoms with van der Waals surface area (Å²) in [5, 5.41) is 2.40. The topological polar surface area (TPSA) is 90.9 Å². The van der Waals surface area contributed by atoms with Crippen molar-refractivity contribution in [2.24, 2.45) is 0 Å². The number of carbonyl (C=O) groups excluding carboxylic acids is 3. The van der Waals surface area contributed by atoms with Crippen LogP contribution in [0.25, 0.3) is 0 Å².